The lowest BCUT2D eigenvalue weighted by Gasteiger charge is -2.08. The molecule has 0 atom stereocenters. The molecule has 5 nitrogen and oxygen atoms in total. The predicted molar refractivity (Wildman–Crippen MR) is 37.1 cm³/mol. The van der Waals surface area contributed by atoms with Crippen molar-refractivity contribution in [1.82, 2.24) is 0 Å². The average Bonchev–Trinajstić information content (AvgIpc) is 1.78. The molecule has 5 N–H and O–H groups in total. The van der Waals surface area contributed by atoms with Crippen LogP contribution in [-0.2, 0) is 4.74 Å². The maximum atomic E-state index is 8.46. The molecular formula is C4H13NO4Si. The molecule has 0 radical (unpaired) electrons. The van der Waals surface area contributed by atoms with Gasteiger partial charge in [-0.3, -0.25) is 0 Å². The van der Waals surface area contributed by atoms with E-state index in [2.05, 4.69) is 0 Å². The van der Waals surface area contributed by atoms with Crippen molar-refractivity contribution >= 4 is 8.80 Å². The first-order chi connectivity index (χ1) is 4.56. The van der Waals surface area contributed by atoms with Crippen molar-refractivity contribution in [2.45, 2.75) is 6.04 Å². The van der Waals surface area contributed by atoms with Gasteiger partial charge in [0.1, 0.15) is 0 Å². The van der Waals surface area contributed by atoms with Gasteiger partial charge in [-0.25, -0.2) is 0 Å². The van der Waals surface area contributed by atoms with E-state index in [9.17, 15) is 0 Å². The van der Waals surface area contributed by atoms with E-state index in [0.717, 1.165) is 0 Å². The first kappa shape index (κ1) is 10.0. The number of hydrogen-bond acceptors (Lipinski definition) is 5. The number of ether oxygens (including phenoxy) is 1. The molecule has 0 rings (SSSR count). The maximum Gasteiger partial charge on any atom is 0.495 e. The van der Waals surface area contributed by atoms with Crippen LogP contribution in [0.3, 0.4) is 0 Å². The highest BCUT2D eigenvalue weighted by Gasteiger charge is 2.25. The van der Waals surface area contributed by atoms with Crippen LogP contribution in [0.15, 0.2) is 0 Å². The molecule has 0 saturated carbocycles. The largest absolute Gasteiger partial charge is 0.495 e. The minimum Gasteiger partial charge on any atom is -0.390 e. The Morgan fingerprint density at radius 3 is 2.20 bits per heavy atom. The van der Waals surface area contributed by atoms with Crippen LogP contribution in [0.4, 0.5) is 0 Å². The van der Waals surface area contributed by atoms with Crippen molar-refractivity contribution < 1.29 is 19.1 Å². The molecule has 0 aliphatic heterocycles. The Morgan fingerprint density at radius 1 is 1.20 bits per heavy atom. The van der Waals surface area contributed by atoms with Crippen LogP contribution in [0.2, 0.25) is 6.04 Å². The Balaban J connectivity index is 3.04. The molecule has 0 aromatic carbocycles. The Kier molecular flexibility index (Phi) is 4.78. The molecule has 0 aromatic heterocycles. The molecule has 62 valence electrons. The summed E-state index contributed by atoms with van der Waals surface area (Å²) in [6.45, 7) is 0.925. The Hall–Kier alpha value is 0.0169. The van der Waals surface area contributed by atoms with Crippen LogP contribution in [0.1, 0.15) is 0 Å². The molecule has 0 amide bonds. The van der Waals surface area contributed by atoms with Crippen molar-refractivity contribution in [3.63, 3.8) is 0 Å². The smallest absolute Gasteiger partial charge is 0.390 e. The van der Waals surface area contributed by atoms with E-state index < -0.39 is 8.80 Å². The van der Waals surface area contributed by atoms with Gasteiger partial charge in [0.05, 0.1) is 13.2 Å². The van der Waals surface area contributed by atoms with Gasteiger partial charge < -0.3 is 24.9 Å². The molecule has 0 saturated heterocycles. The topological polar surface area (TPSA) is 95.9 Å². The van der Waals surface area contributed by atoms with E-state index in [4.69, 9.17) is 24.9 Å². The van der Waals surface area contributed by atoms with Gasteiger partial charge in [0.2, 0.25) is 0 Å². The van der Waals surface area contributed by atoms with Crippen molar-refractivity contribution in [3.05, 3.63) is 0 Å². The molecule has 6 heteroatoms. The van der Waals surface area contributed by atoms with Crippen LogP contribution >= 0.6 is 0 Å². The average molecular weight is 167 g/mol. The molecule has 10 heavy (non-hydrogen) atoms. The number of hydrogen-bond donors (Lipinski definition) is 4. The summed E-state index contributed by atoms with van der Waals surface area (Å²) >= 11 is 0. The van der Waals surface area contributed by atoms with Gasteiger partial charge in [-0.15, -0.1) is 0 Å². The number of nitrogens with two attached hydrogens (primary N) is 1. The van der Waals surface area contributed by atoms with Gasteiger partial charge >= 0.3 is 8.80 Å². The summed E-state index contributed by atoms with van der Waals surface area (Å²) in [7, 11) is -3.87. The molecule has 0 fully saturated rings. The van der Waals surface area contributed by atoms with E-state index >= 15 is 0 Å². The monoisotopic (exact) mass is 167 g/mol. The van der Waals surface area contributed by atoms with Crippen molar-refractivity contribution in [2.24, 2.45) is 5.73 Å². The molecule has 0 unspecified atom stereocenters. The normalized spacial score (nSPS) is 12.0. The van der Waals surface area contributed by atoms with Crippen molar-refractivity contribution in [2.75, 3.05) is 19.8 Å². The van der Waals surface area contributed by atoms with Gasteiger partial charge in [0.15, 0.2) is 0 Å². The maximum absolute atomic E-state index is 8.46. The third-order valence-corrected chi connectivity index (χ3v) is 1.72. The third kappa shape index (κ3) is 8.02. The van der Waals surface area contributed by atoms with E-state index in [1.54, 1.807) is 0 Å². The zero-order chi connectivity index (χ0) is 8.04. The lowest BCUT2D eigenvalue weighted by Crippen LogP contribution is -2.35. The van der Waals surface area contributed by atoms with E-state index in [1.807, 2.05) is 0 Å². The Morgan fingerprint density at radius 2 is 1.80 bits per heavy atom. The second-order valence-electron chi connectivity index (χ2n) is 1.93. The fourth-order valence-corrected chi connectivity index (χ4v) is 0.813. The predicted octanol–water partition coefficient (Wildman–Crippen LogP) is -2.12. The molecule has 0 spiro atoms. The first-order valence-electron chi connectivity index (χ1n) is 3.01. The summed E-state index contributed by atoms with van der Waals surface area (Å²) in [5.74, 6) is 0. The van der Waals surface area contributed by atoms with Gasteiger partial charge in [-0.1, -0.05) is 0 Å². The zero-order valence-electron chi connectivity index (χ0n) is 5.66. The molecular weight excluding hydrogens is 154 g/mol. The molecule has 0 aliphatic rings. The van der Waals surface area contributed by atoms with Crippen LogP contribution in [0.5, 0.6) is 0 Å². The van der Waals surface area contributed by atoms with Crippen molar-refractivity contribution in [1.29, 1.82) is 0 Å². The highest BCUT2D eigenvalue weighted by atomic mass is 28.4. The van der Waals surface area contributed by atoms with Crippen LogP contribution in [-0.4, -0.2) is 42.9 Å². The minimum atomic E-state index is -3.87. The molecule has 0 heterocycles. The van der Waals surface area contributed by atoms with Gasteiger partial charge in [-0.05, 0) is 0 Å². The lowest BCUT2D eigenvalue weighted by atomic mass is 10.7. The SMILES string of the molecule is NCCOCC[Si](O)(O)O. The van der Waals surface area contributed by atoms with E-state index in [-0.39, 0.29) is 12.7 Å². The third-order valence-electron chi connectivity index (χ3n) is 0.844. The Bertz CT molecular complexity index is 83.8. The number of rotatable bonds is 5. The van der Waals surface area contributed by atoms with E-state index in [1.165, 1.54) is 0 Å². The van der Waals surface area contributed by atoms with Crippen LogP contribution < -0.4 is 5.73 Å². The molecule has 0 aromatic rings. The van der Waals surface area contributed by atoms with Gasteiger partial charge in [0, 0.05) is 12.6 Å². The standard InChI is InChI=1S/C4H13NO4Si/c5-1-2-9-3-4-10(6,7)8/h6-8H,1-5H2. The molecule has 0 aliphatic carbocycles. The second kappa shape index (κ2) is 4.77. The first-order valence-corrected chi connectivity index (χ1v) is 5.06. The highest BCUT2D eigenvalue weighted by molar-refractivity contribution is 6.56. The second-order valence-corrected chi connectivity index (χ2v) is 3.97. The zero-order valence-corrected chi connectivity index (χ0v) is 6.66. The molecule has 0 bridgehead atoms. The fraction of sp³-hybridized carbons (Fsp3) is 1.00. The minimum absolute atomic E-state index is 0.0903. The van der Waals surface area contributed by atoms with Gasteiger partial charge in [0.25, 0.3) is 0 Å². The highest BCUT2D eigenvalue weighted by Crippen LogP contribution is 1.95. The summed E-state index contributed by atoms with van der Waals surface area (Å²) in [6.07, 6.45) is 0. The van der Waals surface area contributed by atoms with Crippen LogP contribution in [0, 0.1) is 0 Å². The van der Waals surface area contributed by atoms with Crippen LogP contribution in [0.25, 0.3) is 0 Å². The lowest BCUT2D eigenvalue weighted by molar-refractivity contribution is 0.135. The fourth-order valence-electron chi connectivity index (χ4n) is 0.394. The van der Waals surface area contributed by atoms with Crippen molar-refractivity contribution in [3.8, 4) is 0 Å². The van der Waals surface area contributed by atoms with E-state index in [0.29, 0.717) is 13.2 Å². The quantitative estimate of drug-likeness (QED) is 0.277. The Labute approximate surface area is 60.4 Å². The summed E-state index contributed by atoms with van der Waals surface area (Å²) in [5, 5.41) is 0. The van der Waals surface area contributed by atoms with Gasteiger partial charge in [-0.2, -0.15) is 0 Å². The summed E-state index contributed by atoms with van der Waals surface area (Å²) < 4.78 is 4.79. The summed E-state index contributed by atoms with van der Waals surface area (Å²) in [4.78, 5) is 25.4. The summed E-state index contributed by atoms with van der Waals surface area (Å²) in [6, 6.07) is -0.0903. The summed E-state index contributed by atoms with van der Waals surface area (Å²) in [5.41, 5.74) is 5.08.